The van der Waals surface area contributed by atoms with Crippen LogP contribution < -0.4 is 21.3 Å². The van der Waals surface area contributed by atoms with E-state index in [0.29, 0.717) is 46.7 Å². The monoisotopic (exact) mass is 643 g/mol. The summed E-state index contributed by atoms with van der Waals surface area (Å²) in [6.07, 6.45) is 4.47. The zero-order chi connectivity index (χ0) is 31.3. The second-order valence-electron chi connectivity index (χ2n) is 10.8. The maximum atomic E-state index is 12.7. The Morgan fingerprint density at radius 1 is 1.00 bits per heavy atom. The first-order valence-electron chi connectivity index (χ1n) is 13.7. The van der Waals surface area contributed by atoms with Crippen LogP contribution in [0.3, 0.4) is 0 Å². The van der Waals surface area contributed by atoms with Gasteiger partial charge < -0.3 is 31.1 Å². The van der Waals surface area contributed by atoms with E-state index in [-0.39, 0.29) is 25.4 Å². The van der Waals surface area contributed by atoms with Gasteiger partial charge in [0.25, 0.3) is 5.91 Å². The van der Waals surface area contributed by atoms with E-state index < -0.39 is 35.7 Å². The molecule has 0 aromatic carbocycles. The number of rotatable bonds is 16. The number of aliphatic hydroxyl groups is 1. The van der Waals surface area contributed by atoms with Crippen LogP contribution in [-0.4, -0.2) is 94.5 Å². The molecule has 0 aliphatic carbocycles. The highest BCUT2D eigenvalue weighted by atomic mass is 32.2. The van der Waals surface area contributed by atoms with E-state index >= 15 is 0 Å². The van der Waals surface area contributed by atoms with Crippen LogP contribution >= 0.6 is 22.7 Å². The number of alkyl carbamates (subject to hydrolysis) is 1. The third-order valence-corrected chi connectivity index (χ3v) is 8.37. The summed E-state index contributed by atoms with van der Waals surface area (Å²) in [7, 11) is 0.352. The smallest absolute Gasteiger partial charge is 0.407 e. The van der Waals surface area contributed by atoms with E-state index in [1.165, 1.54) is 29.6 Å². The van der Waals surface area contributed by atoms with Gasteiger partial charge in [-0.2, -0.15) is 0 Å². The molecular weight excluding hydrogens is 601 g/mol. The molecule has 12 nitrogen and oxygen atoms in total. The Balaban J connectivity index is 1.76. The number of aromatic nitrogens is 2. The normalized spacial score (nSPS) is 12.9. The second kappa shape index (κ2) is 17.4. The number of thiazole rings is 2. The standard InChI is InChI=1S/C27H42N6O6S3/c1-17(34)22(33-20(35)9-7-11-30-26(38)39-27(2,3)4)24(37)29-13-10-21-31-19(16-40-21)25-32-18(15-41-25)23(36)28-12-8-14-42(5)6/h15-17,22,34H,7-14H2,1-6H3,(H3-,28,29,30,33,35,36,37,38)/p+1/t17-,22+/m1/s1. The first kappa shape index (κ1) is 35.4. The summed E-state index contributed by atoms with van der Waals surface area (Å²) >= 11 is 2.77. The Morgan fingerprint density at radius 3 is 2.38 bits per heavy atom. The second-order valence-corrected chi connectivity index (χ2v) is 15.0. The number of ether oxygens (including phenoxy) is 1. The van der Waals surface area contributed by atoms with Gasteiger partial charge in [0.1, 0.15) is 33.8 Å². The Kier molecular flexibility index (Phi) is 14.7. The van der Waals surface area contributed by atoms with Crippen LogP contribution in [0.5, 0.6) is 0 Å². The van der Waals surface area contributed by atoms with Gasteiger partial charge in [-0.1, -0.05) is 0 Å². The SMILES string of the molecule is C[C@@H](O)[C@H](NC(=O)CCCNC(=O)OC(C)(C)C)C(=O)NCCc1nc(-c2nc(C(=O)NCCC[S+](C)C)cs2)cs1. The van der Waals surface area contributed by atoms with Gasteiger partial charge in [-0.3, -0.25) is 14.4 Å². The van der Waals surface area contributed by atoms with E-state index in [4.69, 9.17) is 4.74 Å². The van der Waals surface area contributed by atoms with Crippen LogP contribution in [0.4, 0.5) is 4.79 Å². The number of hydrogen-bond donors (Lipinski definition) is 5. The summed E-state index contributed by atoms with van der Waals surface area (Å²) in [5.41, 5.74) is 0.425. The maximum Gasteiger partial charge on any atom is 0.407 e. The van der Waals surface area contributed by atoms with E-state index in [9.17, 15) is 24.3 Å². The molecule has 0 radical (unpaired) electrons. The lowest BCUT2D eigenvalue weighted by Crippen LogP contribution is -2.52. The lowest BCUT2D eigenvalue weighted by molar-refractivity contribution is -0.131. The average Bonchev–Trinajstić information content (AvgIpc) is 3.56. The summed E-state index contributed by atoms with van der Waals surface area (Å²) in [6.45, 7) is 7.81. The predicted octanol–water partition coefficient (Wildman–Crippen LogP) is 2.09. The number of carbonyl (C=O) groups excluding carboxylic acids is 4. The van der Waals surface area contributed by atoms with Gasteiger partial charge in [0.15, 0.2) is 0 Å². The summed E-state index contributed by atoms with van der Waals surface area (Å²) in [5.74, 6) is -0.0410. The van der Waals surface area contributed by atoms with Gasteiger partial charge in [-0.25, -0.2) is 14.8 Å². The molecule has 0 bridgehead atoms. The number of nitrogens with zero attached hydrogens (tertiary/aromatic N) is 2. The number of aliphatic hydroxyl groups excluding tert-OH is 1. The van der Waals surface area contributed by atoms with Crippen molar-refractivity contribution < 1.29 is 29.0 Å². The van der Waals surface area contributed by atoms with Gasteiger partial charge in [-0.05, 0) is 45.0 Å². The van der Waals surface area contributed by atoms with Crippen molar-refractivity contribution >= 4 is 57.4 Å². The maximum absolute atomic E-state index is 12.7. The first-order valence-corrected chi connectivity index (χ1v) is 17.7. The molecule has 234 valence electrons. The van der Waals surface area contributed by atoms with Gasteiger partial charge in [-0.15, -0.1) is 22.7 Å². The first-order chi connectivity index (χ1) is 19.7. The topological polar surface area (TPSA) is 172 Å². The minimum absolute atomic E-state index is 0.0622. The number of amides is 4. The lowest BCUT2D eigenvalue weighted by atomic mass is 10.1. The Labute approximate surface area is 258 Å². The predicted molar refractivity (Wildman–Crippen MR) is 168 cm³/mol. The van der Waals surface area contributed by atoms with E-state index in [2.05, 4.69) is 43.7 Å². The van der Waals surface area contributed by atoms with Crippen molar-refractivity contribution in [3.05, 3.63) is 21.5 Å². The van der Waals surface area contributed by atoms with E-state index in [0.717, 1.165) is 17.2 Å². The van der Waals surface area contributed by atoms with Crippen LogP contribution in [0.15, 0.2) is 10.8 Å². The fourth-order valence-electron chi connectivity index (χ4n) is 3.48. The quantitative estimate of drug-likeness (QED) is 0.137. The fourth-order valence-corrected chi connectivity index (χ4v) is 5.82. The lowest BCUT2D eigenvalue weighted by Gasteiger charge is -2.21. The fraction of sp³-hybridized carbons (Fsp3) is 0.630. The Hall–Kier alpha value is -2.75. The number of carbonyl (C=O) groups is 4. The molecule has 2 aromatic rings. The molecule has 2 rings (SSSR count). The van der Waals surface area contributed by atoms with Crippen molar-refractivity contribution in [2.75, 3.05) is 37.9 Å². The highest BCUT2D eigenvalue weighted by molar-refractivity contribution is 7.95. The number of hydrogen-bond acceptors (Lipinski definition) is 10. The minimum Gasteiger partial charge on any atom is -0.444 e. The molecular formula is C27H43N6O6S3+. The molecule has 5 N–H and O–H groups in total. The molecule has 0 unspecified atom stereocenters. The third-order valence-electron chi connectivity index (χ3n) is 5.49. The van der Waals surface area contributed by atoms with Crippen LogP contribution in [0.25, 0.3) is 10.7 Å². The summed E-state index contributed by atoms with van der Waals surface area (Å²) in [4.78, 5) is 58.0. The van der Waals surface area contributed by atoms with Crippen molar-refractivity contribution in [2.24, 2.45) is 0 Å². The zero-order valence-electron chi connectivity index (χ0n) is 25.1. The molecule has 2 aromatic heterocycles. The van der Waals surface area contributed by atoms with Crippen molar-refractivity contribution in [3.63, 3.8) is 0 Å². The van der Waals surface area contributed by atoms with Crippen LogP contribution in [-0.2, 0) is 31.6 Å². The van der Waals surface area contributed by atoms with E-state index in [1.807, 2.05) is 5.38 Å². The highest BCUT2D eigenvalue weighted by Crippen LogP contribution is 2.25. The van der Waals surface area contributed by atoms with Gasteiger partial charge in [0, 0.05) is 49.7 Å². The summed E-state index contributed by atoms with van der Waals surface area (Å²) in [6, 6.07) is -1.12. The zero-order valence-corrected chi connectivity index (χ0v) is 27.5. The molecule has 0 aliphatic rings. The molecule has 0 spiro atoms. The Bertz CT molecular complexity index is 1180. The molecule has 0 saturated carbocycles. The van der Waals surface area contributed by atoms with Gasteiger partial charge in [0.2, 0.25) is 11.8 Å². The van der Waals surface area contributed by atoms with Gasteiger partial charge >= 0.3 is 6.09 Å². The minimum atomic E-state index is -1.12. The molecule has 42 heavy (non-hydrogen) atoms. The molecule has 0 aliphatic heterocycles. The molecule has 4 amide bonds. The Morgan fingerprint density at radius 2 is 1.71 bits per heavy atom. The summed E-state index contributed by atoms with van der Waals surface area (Å²) < 4.78 is 5.14. The van der Waals surface area contributed by atoms with Crippen LogP contribution in [0.1, 0.15) is 62.5 Å². The van der Waals surface area contributed by atoms with Crippen molar-refractivity contribution in [3.8, 4) is 10.7 Å². The third kappa shape index (κ3) is 13.5. The molecule has 0 saturated heterocycles. The van der Waals surface area contributed by atoms with E-state index in [1.54, 1.807) is 26.2 Å². The summed E-state index contributed by atoms with van der Waals surface area (Å²) in [5, 5.41) is 25.8. The van der Waals surface area contributed by atoms with Gasteiger partial charge in [0.05, 0.1) is 23.6 Å². The average molecular weight is 644 g/mol. The molecule has 15 heteroatoms. The van der Waals surface area contributed by atoms with Crippen molar-refractivity contribution in [1.82, 2.24) is 31.2 Å². The molecule has 2 heterocycles. The molecule has 2 atom stereocenters. The highest BCUT2D eigenvalue weighted by Gasteiger charge is 2.25. The number of nitrogens with one attached hydrogen (secondary N) is 4. The van der Waals surface area contributed by atoms with Crippen molar-refractivity contribution in [2.45, 2.75) is 71.1 Å². The van der Waals surface area contributed by atoms with Crippen LogP contribution in [0.2, 0.25) is 0 Å². The van der Waals surface area contributed by atoms with Crippen LogP contribution in [0, 0.1) is 0 Å². The van der Waals surface area contributed by atoms with Crippen molar-refractivity contribution in [1.29, 1.82) is 0 Å². The largest absolute Gasteiger partial charge is 0.444 e. The molecule has 0 fully saturated rings.